The van der Waals surface area contributed by atoms with Crippen molar-refractivity contribution in [3.8, 4) is 0 Å². The first-order chi connectivity index (χ1) is 9.72. The molecule has 4 nitrogen and oxygen atoms in total. The van der Waals surface area contributed by atoms with Crippen LogP contribution in [-0.2, 0) is 4.79 Å². The van der Waals surface area contributed by atoms with E-state index in [4.69, 9.17) is 10.8 Å². The van der Waals surface area contributed by atoms with E-state index < -0.39 is 5.97 Å². The molecule has 4 N–H and O–H groups in total. The molecular formula is C16H34N2O2. The Morgan fingerprint density at radius 1 is 1.10 bits per heavy atom. The minimum atomic E-state index is -0.713. The van der Waals surface area contributed by atoms with Gasteiger partial charge in [-0.25, -0.2) is 0 Å². The number of carboxylic acid groups (broad SMARTS) is 1. The van der Waals surface area contributed by atoms with Crippen molar-refractivity contribution in [3.05, 3.63) is 0 Å². The Morgan fingerprint density at radius 2 is 1.70 bits per heavy atom. The normalized spacial score (nSPS) is 18.2. The summed E-state index contributed by atoms with van der Waals surface area (Å²) < 4.78 is 0. The molecule has 1 saturated heterocycles. The third-order valence-corrected chi connectivity index (χ3v) is 3.67. The van der Waals surface area contributed by atoms with Crippen molar-refractivity contribution in [2.75, 3.05) is 13.1 Å². The van der Waals surface area contributed by atoms with Gasteiger partial charge >= 0.3 is 5.97 Å². The Morgan fingerprint density at radius 3 is 2.10 bits per heavy atom. The molecule has 1 heterocycles. The Balaban J connectivity index is 0.000000367. The summed E-state index contributed by atoms with van der Waals surface area (Å²) in [6.07, 6.45) is 13.9. The lowest BCUT2D eigenvalue weighted by Gasteiger charge is -2.18. The monoisotopic (exact) mass is 286 g/mol. The number of unbranched alkanes of at least 4 members (excludes halogenated alkanes) is 7. The first-order valence-corrected chi connectivity index (χ1v) is 8.38. The fourth-order valence-electron chi connectivity index (χ4n) is 2.34. The molecule has 0 aliphatic carbocycles. The van der Waals surface area contributed by atoms with Gasteiger partial charge in [0.2, 0.25) is 0 Å². The van der Waals surface area contributed by atoms with Crippen LogP contribution in [0.2, 0.25) is 0 Å². The van der Waals surface area contributed by atoms with Crippen LogP contribution >= 0.6 is 0 Å². The van der Waals surface area contributed by atoms with Gasteiger partial charge in [0.05, 0.1) is 0 Å². The van der Waals surface area contributed by atoms with E-state index in [1.807, 2.05) is 0 Å². The van der Waals surface area contributed by atoms with Crippen molar-refractivity contribution in [1.29, 1.82) is 0 Å². The van der Waals surface area contributed by atoms with Crippen LogP contribution in [-0.4, -0.2) is 30.2 Å². The van der Waals surface area contributed by atoms with Gasteiger partial charge in [0, 0.05) is 0 Å². The average Bonchev–Trinajstić information content (AvgIpc) is 2.48. The second-order valence-electron chi connectivity index (χ2n) is 5.60. The SMILES string of the molecule is CCCCCCCCCCN.O=C(O)C1CCCCN1. The van der Waals surface area contributed by atoms with E-state index in [2.05, 4.69) is 12.2 Å². The van der Waals surface area contributed by atoms with Crippen LogP contribution in [0.1, 0.15) is 77.6 Å². The van der Waals surface area contributed by atoms with Crippen LogP contribution in [0.5, 0.6) is 0 Å². The van der Waals surface area contributed by atoms with Crippen molar-refractivity contribution >= 4 is 5.97 Å². The molecule has 20 heavy (non-hydrogen) atoms. The molecule has 1 aliphatic heterocycles. The zero-order valence-corrected chi connectivity index (χ0v) is 13.2. The van der Waals surface area contributed by atoms with Crippen molar-refractivity contribution < 1.29 is 9.90 Å². The molecule has 1 fully saturated rings. The number of hydrogen-bond acceptors (Lipinski definition) is 3. The van der Waals surface area contributed by atoms with Crippen molar-refractivity contribution in [2.45, 2.75) is 83.6 Å². The highest BCUT2D eigenvalue weighted by atomic mass is 16.4. The van der Waals surface area contributed by atoms with E-state index in [0.717, 1.165) is 32.4 Å². The standard InChI is InChI=1S/C10H23N.C6H11NO2/c1-2-3-4-5-6-7-8-9-10-11;8-6(9)5-3-1-2-4-7-5/h2-11H2,1H3;5,7H,1-4H2,(H,8,9). The molecule has 1 aliphatic rings. The molecule has 0 aromatic rings. The second-order valence-corrected chi connectivity index (χ2v) is 5.60. The van der Waals surface area contributed by atoms with Crippen LogP contribution < -0.4 is 11.1 Å². The molecule has 1 unspecified atom stereocenters. The van der Waals surface area contributed by atoms with E-state index in [-0.39, 0.29) is 6.04 Å². The largest absolute Gasteiger partial charge is 0.480 e. The molecular weight excluding hydrogens is 252 g/mol. The number of rotatable bonds is 9. The summed E-state index contributed by atoms with van der Waals surface area (Å²) in [6.45, 7) is 3.99. The van der Waals surface area contributed by atoms with Crippen LogP contribution in [0.3, 0.4) is 0 Å². The van der Waals surface area contributed by atoms with Crippen molar-refractivity contribution in [1.82, 2.24) is 5.32 Å². The lowest BCUT2D eigenvalue weighted by Crippen LogP contribution is -2.40. The number of carboxylic acids is 1. The first-order valence-electron chi connectivity index (χ1n) is 8.38. The van der Waals surface area contributed by atoms with Crippen molar-refractivity contribution in [2.24, 2.45) is 5.73 Å². The summed E-state index contributed by atoms with van der Waals surface area (Å²) in [5, 5.41) is 11.4. The van der Waals surface area contributed by atoms with Gasteiger partial charge in [-0.1, -0.05) is 58.3 Å². The maximum Gasteiger partial charge on any atom is 0.320 e. The van der Waals surface area contributed by atoms with E-state index in [9.17, 15) is 4.79 Å². The Labute approximate surface area is 124 Å². The Hall–Kier alpha value is -0.610. The minimum Gasteiger partial charge on any atom is -0.480 e. The van der Waals surface area contributed by atoms with E-state index >= 15 is 0 Å². The van der Waals surface area contributed by atoms with Gasteiger partial charge in [0.25, 0.3) is 0 Å². The highest BCUT2D eigenvalue weighted by Crippen LogP contribution is 2.07. The van der Waals surface area contributed by atoms with Gasteiger partial charge in [-0.2, -0.15) is 0 Å². The topological polar surface area (TPSA) is 75.4 Å². The van der Waals surface area contributed by atoms with E-state index in [1.165, 1.54) is 51.4 Å². The predicted molar refractivity (Wildman–Crippen MR) is 84.9 cm³/mol. The minimum absolute atomic E-state index is 0.279. The second kappa shape index (κ2) is 14.8. The molecule has 0 aromatic heterocycles. The molecule has 0 aromatic carbocycles. The number of nitrogens with two attached hydrogens (primary N) is 1. The van der Waals surface area contributed by atoms with Gasteiger partial charge in [-0.15, -0.1) is 0 Å². The van der Waals surface area contributed by atoms with Crippen LogP contribution in [0.4, 0.5) is 0 Å². The van der Waals surface area contributed by atoms with Crippen LogP contribution in [0.15, 0.2) is 0 Å². The van der Waals surface area contributed by atoms with Gasteiger partial charge in [0.1, 0.15) is 6.04 Å². The molecule has 0 bridgehead atoms. The predicted octanol–water partition coefficient (Wildman–Crippen LogP) is 3.30. The zero-order chi connectivity index (χ0) is 15.1. The average molecular weight is 286 g/mol. The first kappa shape index (κ1) is 19.4. The number of hydrogen-bond donors (Lipinski definition) is 3. The maximum atomic E-state index is 10.3. The van der Waals surface area contributed by atoms with Gasteiger partial charge < -0.3 is 16.2 Å². The number of piperidine rings is 1. The van der Waals surface area contributed by atoms with E-state index in [1.54, 1.807) is 0 Å². The quantitative estimate of drug-likeness (QED) is 0.568. The molecule has 0 saturated carbocycles. The molecule has 1 atom stereocenters. The lowest BCUT2D eigenvalue weighted by atomic mass is 10.1. The summed E-state index contributed by atoms with van der Waals surface area (Å²) in [7, 11) is 0. The summed E-state index contributed by atoms with van der Waals surface area (Å²) >= 11 is 0. The highest BCUT2D eigenvalue weighted by Gasteiger charge is 2.18. The lowest BCUT2D eigenvalue weighted by molar-refractivity contribution is -0.140. The van der Waals surface area contributed by atoms with Gasteiger partial charge in [-0.05, 0) is 32.4 Å². The third kappa shape index (κ3) is 12.4. The van der Waals surface area contributed by atoms with Gasteiger partial charge in [0.15, 0.2) is 0 Å². The molecule has 4 heteroatoms. The fourth-order valence-corrected chi connectivity index (χ4v) is 2.34. The summed E-state index contributed by atoms with van der Waals surface area (Å²) in [6, 6.07) is -0.279. The number of carbonyl (C=O) groups is 1. The smallest absolute Gasteiger partial charge is 0.320 e. The van der Waals surface area contributed by atoms with E-state index in [0.29, 0.717) is 0 Å². The zero-order valence-electron chi connectivity index (χ0n) is 13.2. The summed E-state index contributed by atoms with van der Waals surface area (Å²) in [5.41, 5.74) is 5.39. The van der Waals surface area contributed by atoms with Crippen LogP contribution in [0.25, 0.3) is 0 Å². The summed E-state index contributed by atoms with van der Waals surface area (Å²) in [5.74, 6) is -0.713. The maximum absolute atomic E-state index is 10.3. The molecule has 0 amide bonds. The Bertz CT molecular complexity index is 209. The molecule has 120 valence electrons. The third-order valence-electron chi connectivity index (χ3n) is 3.67. The highest BCUT2D eigenvalue weighted by molar-refractivity contribution is 5.73. The van der Waals surface area contributed by atoms with Crippen LogP contribution in [0, 0.1) is 0 Å². The Kier molecular flexibility index (Phi) is 14.3. The molecule has 1 rings (SSSR count). The fraction of sp³-hybridized carbons (Fsp3) is 0.938. The molecule has 0 radical (unpaired) electrons. The number of nitrogens with one attached hydrogen (secondary N) is 1. The summed E-state index contributed by atoms with van der Waals surface area (Å²) in [4.78, 5) is 10.3. The number of aliphatic carboxylic acids is 1. The molecule has 0 spiro atoms. The van der Waals surface area contributed by atoms with Crippen molar-refractivity contribution in [3.63, 3.8) is 0 Å². The van der Waals surface area contributed by atoms with Gasteiger partial charge in [-0.3, -0.25) is 4.79 Å².